The zero-order valence-corrected chi connectivity index (χ0v) is 15.2. The topological polar surface area (TPSA) is 32.3 Å². The van der Waals surface area contributed by atoms with E-state index >= 15 is 0 Å². The van der Waals surface area contributed by atoms with Crippen LogP contribution in [0.1, 0.15) is 51.5 Å². The van der Waals surface area contributed by atoms with Crippen molar-refractivity contribution in [2.24, 2.45) is 17.8 Å². The molecule has 1 amide bonds. The molecule has 1 aromatic rings. The van der Waals surface area contributed by atoms with Crippen LogP contribution in [-0.2, 0) is 11.3 Å². The molecular formula is C21H32N2O. The molecule has 2 fully saturated rings. The molecule has 132 valence electrons. The molecule has 24 heavy (non-hydrogen) atoms. The van der Waals surface area contributed by atoms with Gasteiger partial charge in [-0.15, -0.1) is 0 Å². The second kappa shape index (κ2) is 8.15. The summed E-state index contributed by atoms with van der Waals surface area (Å²) in [6.45, 7) is 7.49. The highest BCUT2D eigenvalue weighted by molar-refractivity contribution is 5.77. The molecule has 0 bridgehead atoms. The largest absolute Gasteiger partial charge is 0.335 e. The maximum absolute atomic E-state index is 13.1. The van der Waals surface area contributed by atoms with Gasteiger partial charge in [-0.25, -0.2) is 0 Å². The van der Waals surface area contributed by atoms with E-state index in [-0.39, 0.29) is 0 Å². The second-order valence-corrected chi connectivity index (χ2v) is 7.85. The number of rotatable bonds is 7. The molecule has 2 aliphatic rings. The van der Waals surface area contributed by atoms with Crippen LogP contribution < -0.4 is 5.32 Å². The van der Waals surface area contributed by atoms with Crippen molar-refractivity contribution < 1.29 is 4.79 Å². The van der Waals surface area contributed by atoms with Gasteiger partial charge < -0.3 is 10.2 Å². The van der Waals surface area contributed by atoms with Crippen LogP contribution in [0.3, 0.4) is 0 Å². The van der Waals surface area contributed by atoms with Gasteiger partial charge in [0, 0.05) is 19.0 Å². The zero-order valence-electron chi connectivity index (χ0n) is 15.2. The quantitative estimate of drug-likeness (QED) is 0.825. The highest BCUT2D eigenvalue weighted by atomic mass is 16.2. The van der Waals surface area contributed by atoms with Gasteiger partial charge in [0.05, 0.1) is 0 Å². The van der Waals surface area contributed by atoms with Crippen LogP contribution in [0.25, 0.3) is 0 Å². The number of carbonyl (C=O) groups excluding carboxylic acids is 1. The van der Waals surface area contributed by atoms with Gasteiger partial charge in [-0.05, 0) is 69.0 Å². The van der Waals surface area contributed by atoms with Crippen LogP contribution in [-0.4, -0.2) is 29.9 Å². The molecule has 0 spiro atoms. The minimum absolute atomic E-state index is 0.351. The number of benzene rings is 1. The molecule has 1 saturated carbocycles. The summed E-state index contributed by atoms with van der Waals surface area (Å²) in [7, 11) is 0. The molecule has 2 unspecified atom stereocenters. The van der Waals surface area contributed by atoms with Crippen LogP contribution in [0.15, 0.2) is 30.3 Å². The molecule has 1 aliphatic carbocycles. The number of hydrogen-bond acceptors (Lipinski definition) is 2. The normalized spacial score (nSPS) is 21.2. The van der Waals surface area contributed by atoms with Gasteiger partial charge in [-0.1, -0.05) is 37.3 Å². The maximum Gasteiger partial charge on any atom is 0.223 e. The summed E-state index contributed by atoms with van der Waals surface area (Å²) in [6.07, 6.45) is 5.69. The summed E-state index contributed by atoms with van der Waals surface area (Å²) in [5.41, 5.74) is 1.24. The first-order chi connectivity index (χ1) is 11.6. The Morgan fingerprint density at radius 2 is 1.75 bits per heavy atom. The fourth-order valence-corrected chi connectivity index (χ4v) is 4.05. The molecule has 3 nitrogen and oxygen atoms in total. The van der Waals surface area contributed by atoms with E-state index in [1.54, 1.807) is 0 Å². The van der Waals surface area contributed by atoms with Gasteiger partial charge in [0.25, 0.3) is 0 Å². The molecule has 1 saturated heterocycles. The molecule has 1 heterocycles. The van der Waals surface area contributed by atoms with Crippen molar-refractivity contribution >= 4 is 5.91 Å². The molecule has 3 rings (SSSR count). The summed E-state index contributed by atoms with van der Waals surface area (Å²) < 4.78 is 0. The Hall–Kier alpha value is -1.35. The third kappa shape index (κ3) is 4.60. The average molecular weight is 329 g/mol. The number of piperidine rings is 1. The van der Waals surface area contributed by atoms with E-state index in [9.17, 15) is 4.79 Å². The minimum atomic E-state index is 0.351. The van der Waals surface area contributed by atoms with E-state index in [2.05, 4.69) is 48.3 Å². The molecule has 3 heteroatoms. The molecule has 1 N–H and O–H groups in total. The first-order valence-corrected chi connectivity index (χ1v) is 9.69. The van der Waals surface area contributed by atoms with Gasteiger partial charge in [-0.2, -0.15) is 0 Å². The van der Waals surface area contributed by atoms with Gasteiger partial charge in [-0.3, -0.25) is 4.79 Å². The average Bonchev–Trinajstić information content (AvgIpc) is 3.46. The van der Waals surface area contributed by atoms with Crippen LogP contribution in [0.5, 0.6) is 0 Å². The zero-order chi connectivity index (χ0) is 16.9. The third-order valence-electron chi connectivity index (χ3n) is 6.00. The van der Waals surface area contributed by atoms with Crippen LogP contribution >= 0.6 is 0 Å². The Kier molecular flexibility index (Phi) is 5.94. The number of amides is 1. The lowest BCUT2D eigenvalue weighted by molar-refractivity contribution is -0.135. The maximum atomic E-state index is 13.1. The van der Waals surface area contributed by atoms with Gasteiger partial charge in [0.1, 0.15) is 0 Å². The third-order valence-corrected chi connectivity index (χ3v) is 6.00. The van der Waals surface area contributed by atoms with E-state index in [4.69, 9.17) is 0 Å². The summed E-state index contributed by atoms with van der Waals surface area (Å²) in [5.74, 6) is 2.26. The lowest BCUT2D eigenvalue weighted by atomic mass is 9.83. The lowest BCUT2D eigenvalue weighted by Gasteiger charge is -2.33. The highest BCUT2D eigenvalue weighted by Gasteiger charge is 2.35. The highest BCUT2D eigenvalue weighted by Crippen LogP contribution is 2.36. The molecule has 0 radical (unpaired) electrons. The Morgan fingerprint density at radius 3 is 2.38 bits per heavy atom. The standard InChI is InChI=1S/C21H32N2O/c1-16(19-10-12-22-13-11-19)14-21(24)23(17(2)20-8-9-20)15-18-6-4-3-5-7-18/h3-7,16-17,19-20,22H,8-15H2,1-2H3. The monoisotopic (exact) mass is 328 g/mol. The van der Waals surface area contributed by atoms with Crippen LogP contribution in [0.2, 0.25) is 0 Å². The SMILES string of the molecule is CC(CC(=O)N(Cc1ccccc1)C(C)C1CC1)C1CCNCC1. The van der Waals surface area contributed by atoms with Crippen LogP contribution in [0.4, 0.5) is 0 Å². The predicted octanol–water partition coefficient (Wildman–Crippen LogP) is 3.84. The van der Waals surface area contributed by atoms with Crippen molar-refractivity contribution in [3.63, 3.8) is 0 Å². The number of hydrogen-bond donors (Lipinski definition) is 1. The van der Waals surface area contributed by atoms with Crippen molar-refractivity contribution in [2.45, 2.75) is 58.5 Å². The van der Waals surface area contributed by atoms with Gasteiger partial charge in [0.2, 0.25) is 5.91 Å². The van der Waals surface area contributed by atoms with Crippen molar-refractivity contribution in [1.29, 1.82) is 0 Å². The fraction of sp³-hybridized carbons (Fsp3) is 0.667. The summed E-state index contributed by atoms with van der Waals surface area (Å²) >= 11 is 0. The predicted molar refractivity (Wildman–Crippen MR) is 98.6 cm³/mol. The molecule has 1 aromatic carbocycles. The van der Waals surface area contributed by atoms with Crippen LogP contribution in [0, 0.1) is 17.8 Å². The number of carbonyl (C=O) groups is 1. The number of nitrogens with zero attached hydrogens (tertiary/aromatic N) is 1. The first kappa shape index (κ1) is 17.5. The number of nitrogens with one attached hydrogen (secondary N) is 1. The molecular weight excluding hydrogens is 296 g/mol. The van der Waals surface area contributed by atoms with E-state index in [0.717, 1.165) is 19.6 Å². The Morgan fingerprint density at radius 1 is 1.08 bits per heavy atom. The molecule has 1 aliphatic heterocycles. The lowest BCUT2D eigenvalue weighted by Crippen LogP contribution is -2.41. The van der Waals surface area contributed by atoms with Gasteiger partial charge in [0.15, 0.2) is 0 Å². The fourth-order valence-electron chi connectivity index (χ4n) is 4.05. The second-order valence-electron chi connectivity index (χ2n) is 7.85. The summed E-state index contributed by atoms with van der Waals surface area (Å²) in [4.78, 5) is 15.2. The molecule has 2 atom stereocenters. The van der Waals surface area contributed by atoms with E-state index in [0.29, 0.717) is 36.1 Å². The Bertz CT molecular complexity index is 520. The van der Waals surface area contributed by atoms with Crippen molar-refractivity contribution in [1.82, 2.24) is 10.2 Å². The van der Waals surface area contributed by atoms with Crippen molar-refractivity contribution in [3.8, 4) is 0 Å². The van der Waals surface area contributed by atoms with Crippen molar-refractivity contribution in [2.75, 3.05) is 13.1 Å². The van der Waals surface area contributed by atoms with E-state index in [1.165, 1.54) is 31.2 Å². The van der Waals surface area contributed by atoms with E-state index < -0.39 is 0 Å². The van der Waals surface area contributed by atoms with Gasteiger partial charge >= 0.3 is 0 Å². The molecule has 0 aromatic heterocycles. The van der Waals surface area contributed by atoms with Crippen molar-refractivity contribution in [3.05, 3.63) is 35.9 Å². The Balaban J connectivity index is 1.63. The first-order valence-electron chi connectivity index (χ1n) is 9.69. The van der Waals surface area contributed by atoms with E-state index in [1.807, 2.05) is 6.07 Å². The minimum Gasteiger partial charge on any atom is -0.335 e. The Labute approximate surface area is 146 Å². The summed E-state index contributed by atoms with van der Waals surface area (Å²) in [5, 5.41) is 3.42. The summed E-state index contributed by atoms with van der Waals surface area (Å²) in [6, 6.07) is 10.8. The smallest absolute Gasteiger partial charge is 0.223 e.